The lowest BCUT2D eigenvalue weighted by atomic mass is 10.1. The van der Waals surface area contributed by atoms with Gasteiger partial charge in [0.1, 0.15) is 0 Å². The molecule has 0 bridgehead atoms. The molecule has 1 saturated heterocycles. The number of hydrogen-bond donors (Lipinski definition) is 1. The van der Waals surface area contributed by atoms with Crippen LogP contribution in [0.15, 0.2) is 12.7 Å². The average molecular weight is 199 g/mol. The first-order valence-electron chi connectivity index (χ1n) is 4.13. The summed E-state index contributed by atoms with van der Waals surface area (Å²) in [4.78, 5) is 30.5. The fourth-order valence-electron chi connectivity index (χ4n) is 0.773. The van der Waals surface area contributed by atoms with Gasteiger partial charge >= 0.3 is 5.97 Å². The maximum atomic E-state index is 10.3. The third-order valence-electron chi connectivity index (χ3n) is 1.45. The SMILES string of the molecule is C=CC(=O)OC.O=C1CCCC(=O)N1. The van der Waals surface area contributed by atoms with Crippen molar-refractivity contribution in [2.45, 2.75) is 19.3 Å². The van der Waals surface area contributed by atoms with Crippen molar-refractivity contribution < 1.29 is 19.1 Å². The molecule has 1 aliphatic rings. The first-order valence-corrected chi connectivity index (χ1v) is 4.13. The van der Waals surface area contributed by atoms with Crippen LogP contribution in [0.25, 0.3) is 0 Å². The minimum atomic E-state index is -0.394. The predicted octanol–water partition coefficient (Wildman–Crippen LogP) is 0.158. The Morgan fingerprint density at radius 2 is 1.93 bits per heavy atom. The molecule has 1 rings (SSSR count). The highest BCUT2D eigenvalue weighted by atomic mass is 16.5. The lowest BCUT2D eigenvalue weighted by molar-refractivity contribution is -0.135. The lowest BCUT2D eigenvalue weighted by Gasteiger charge is -2.07. The molecule has 0 saturated carbocycles. The van der Waals surface area contributed by atoms with Crippen LogP contribution in [0.5, 0.6) is 0 Å². The van der Waals surface area contributed by atoms with Crippen molar-refractivity contribution in [3.8, 4) is 0 Å². The molecule has 1 heterocycles. The van der Waals surface area contributed by atoms with Crippen LogP contribution < -0.4 is 5.32 Å². The molecule has 0 radical (unpaired) electrons. The molecule has 0 aromatic rings. The van der Waals surface area contributed by atoms with Crippen molar-refractivity contribution >= 4 is 17.8 Å². The van der Waals surface area contributed by atoms with Gasteiger partial charge < -0.3 is 4.74 Å². The fourth-order valence-corrected chi connectivity index (χ4v) is 0.773. The van der Waals surface area contributed by atoms with Crippen molar-refractivity contribution in [1.29, 1.82) is 0 Å². The summed E-state index contributed by atoms with van der Waals surface area (Å²) in [5.74, 6) is -0.669. The van der Waals surface area contributed by atoms with Gasteiger partial charge in [0.15, 0.2) is 0 Å². The van der Waals surface area contributed by atoms with Gasteiger partial charge in [-0.25, -0.2) is 4.79 Å². The van der Waals surface area contributed by atoms with Crippen molar-refractivity contribution in [2.75, 3.05) is 7.11 Å². The standard InChI is InChI=1S/C5H7NO2.C4H6O2/c7-4-2-1-3-5(8)6-4;1-3-4(5)6-2/h1-3H2,(H,6,7,8);3H,1H2,2H3. The summed E-state index contributed by atoms with van der Waals surface area (Å²) in [5.41, 5.74) is 0. The summed E-state index contributed by atoms with van der Waals surface area (Å²) in [7, 11) is 1.31. The van der Waals surface area contributed by atoms with Crippen molar-refractivity contribution in [2.24, 2.45) is 0 Å². The number of ether oxygens (including phenoxy) is 1. The van der Waals surface area contributed by atoms with Crippen LogP contribution in [0, 0.1) is 0 Å². The van der Waals surface area contributed by atoms with E-state index < -0.39 is 5.97 Å². The minimum absolute atomic E-state index is 0.138. The highest BCUT2D eigenvalue weighted by Crippen LogP contribution is 2.00. The Hall–Kier alpha value is -1.65. The van der Waals surface area contributed by atoms with E-state index in [1.807, 2.05) is 0 Å². The number of amides is 2. The highest BCUT2D eigenvalue weighted by molar-refractivity contribution is 5.97. The van der Waals surface area contributed by atoms with Gasteiger partial charge in [0.05, 0.1) is 7.11 Å². The van der Waals surface area contributed by atoms with Gasteiger partial charge in [-0.3, -0.25) is 14.9 Å². The minimum Gasteiger partial charge on any atom is -0.466 e. The quantitative estimate of drug-likeness (QED) is 0.371. The molecular weight excluding hydrogens is 186 g/mol. The number of carbonyl (C=O) groups excluding carboxylic acids is 3. The lowest BCUT2D eigenvalue weighted by Crippen LogP contribution is -2.33. The number of esters is 1. The maximum Gasteiger partial charge on any atom is 0.329 e. The number of imide groups is 1. The van der Waals surface area contributed by atoms with Gasteiger partial charge in [-0.15, -0.1) is 0 Å². The molecule has 78 valence electrons. The Bertz CT molecular complexity index is 233. The van der Waals surface area contributed by atoms with Gasteiger partial charge in [0, 0.05) is 18.9 Å². The zero-order chi connectivity index (χ0) is 11.0. The fraction of sp³-hybridized carbons (Fsp3) is 0.444. The van der Waals surface area contributed by atoms with E-state index in [9.17, 15) is 14.4 Å². The van der Waals surface area contributed by atoms with Gasteiger partial charge in [-0.05, 0) is 6.42 Å². The van der Waals surface area contributed by atoms with Crippen molar-refractivity contribution in [3.05, 3.63) is 12.7 Å². The van der Waals surface area contributed by atoms with Crippen LogP contribution in [-0.4, -0.2) is 24.9 Å². The topological polar surface area (TPSA) is 72.5 Å². The van der Waals surface area contributed by atoms with E-state index in [4.69, 9.17) is 0 Å². The molecule has 0 atom stereocenters. The largest absolute Gasteiger partial charge is 0.466 e. The number of carbonyl (C=O) groups is 3. The second-order valence-corrected chi connectivity index (χ2v) is 2.55. The van der Waals surface area contributed by atoms with Crippen LogP contribution in [0.1, 0.15) is 19.3 Å². The molecular formula is C9H13NO4. The summed E-state index contributed by atoms with van der Waals surface area (Å²) in [6.45, 7) is 3.16. The average Bonchev–Trinajstić information content (AvgIpc) is 2.17. The van der Waals surface area contributed by atoms with Gasteiger partial charge in [0.25, 0.3) is 0 Å². The van der Waals surface area contributed by atoms with Gasteiger partial charge in [0.2, 0.25) is 11.8 Å². The second kappa shape index (κ2) is 6.82. The van der Waals surface area contributed by atoms with Gasteiger partial charge in [-0.2, -0.15) is 0 Å². The molecule has 0 aliphatic carbocycles. The van der Waals surface area contributed by atoms with E-state index in [1.165, 1.54) is 7.11 Å². The smallest absolute Gasteiger partial charge is 0.329 e. The Kier molecular flexibility index (Phi) is 6.02. The number of rotatable bonds is 1. The molecule has 0 aromatic heterocycles. The summed E-state index contributed by atoms with van der Waals surface area (Å²) < 4.78 is 4.14. The molecule has 0 unspecified atom stereocenters. The number of nitrogens with one attached hydrogen (secondary N) is 1. The van der Waals surface area contributed by atoms with E-state index >= 15 is 0 Å². The number of hydrogen-bond acceptors (Lipinski definition) is 4. The van der Waals surface area contributed by atoms with Crippen LogP contribution in [0.4, 0.5) is 0 Å². The Morgan fingerprint density at radius 1 is 1.43 bits per heavy atom. The normalized spacial score (nSPS) is 14.6. The van der Waals surface area contributed by atoms with Crippen LogP contribution in [0.3, 0.4) is 0 Å². The molecule has 1 aliphatic heterocycles. The highest BCUT2D eigenvalue weighted by Gasteiger charge is 2.12. The first kappa shape index (κ1) is 12.3. The molecule has 1 N–H and O–H groups in total. The van der Waals surface area contributed by atoms with Crippen LogP contribution >= 0.6 is 0 Å². The monoisotopic (exact) mass is 199 g/mol. The Labute approximate surface area is 82.1 Å². The van der Waals surface area contributed by atoms with Crippen molar-refractivity contribution in [1.82, 2.24) is 5.32 Å². The number of methoxy groups -OCH3 is 1. The summed E-state index contributed by atoms with van der Waals surface area (Å²) in [5, 5.41) is 2.20. The molecule has 5 nitrogen and oxygen atoms in total. The third kappa shape index (κ3) is 5.93. The molecule has 14 heavy (non-hydrogen) atoms. The zero-order valence-corrected chi connectivity index (χ0v) is 8.04. The first-order chi connectivity index (χ1) is 6.60. The third-order valence-corrected chi connectivity index (χ3v) is 1.45. The molecule has 0 aromatic carbocycles. The van der Waals surface area contributed by atoms with E-state index in [1.54, 1.807) is 0 Å². The summed E-state index contributed by atoms with van der Waals surface area (Å²) in [6, 6.07) is 0. The zero-order valence-electron chi connectivity index (χ0n) is 8.04. The Balaban J connectivity index is 0.000000255. The van der Waals surface area contributed by atoms with Gasteiger partial charge in [-0.1, -0.05) is 6.58 Å². The van der Waals surface area contributed by atoms with E-state index in [-0.39, 0.29) is 11.8 Å². The molecule has 5 heteroatoms. The maximum absolute atomic E-state index is 10.3. The van der Waals surface area contributed by atoms with E-state index in [0.717, 1.165) is 6.08 Å². The molecule has 0 spiro atoms. The van der Waals surface area contributed by atoms with Crippen LogP contribution in [-0.2, 0) is 19.1 Å². The van der Waals surface area contributed by atoms with E-state index in [2.05, 4.69) is 16.6 Å². The Morgan fingerprint density at radius 3 is 2.07 bits per heavy atom. The summed E-state index contributed by atoms with van der Waals surface area (Å²) in [6.07, 6.45) is 2.84. The molecule has 1 fully saturated rings. The number of piperidine rings is 1. The van der Waals surface area contributed by atoms with E-state index in [0.29, 0.717) is 19.3 Å². The van der Waals surface area contributed by atoms with Crippen molar-refractivity contribution in [3.63, 3.8) is 0 Å². The van der Waals surface area contributed by atoms with Crippen LogP contribution in [0.2, 0.25) is 0 Å². The summed E-state index contributed by atoms with van der Waals surface area (Å²) >= 11 is 0. The predicted molar refractivity (Wildman–Crippen MR) is 49.2 cm³/mol. The second-order valence-electron chi connectivity index (χ2n) is 2.55. The molecule has 2 amide bonds.